The van der Waals surface area contributed by atoms with E-state index in [0.717, 1.165) is 12.1 Å². The first-order valence-corrected chi connectivity index (χ1v) is 5.59. The molecule has 0 unspecified atom stereocenters. The maximum Gasteiger partial charge on any atom is 0.255 e. The number of nitrogen functional groups attached to an aromatic ring is 1. The summed E-state index contributed by atoms with van der Waals surface area (Å²) in [5.74, 6) is -1.62. The molecule has 0 bridgehead atoms. The fraction of sp³-hybridized carbons (Fsp3) is 0.0714. The summed E-state index contributed by atoms with van der Waals surface area (Å²) >= 11 is 0. The van der Waals surface area contributed by atoms with E-state index in [1.807, 2.05) is 0 Å². The van der Waals surface area contributed by atoms with Gasteiger partial charge < -0.3 is 11.1 Å². The molecular weight excluding hydrogens is 250 g/mol. The Morgan fingerprint density at radius 3 is 2.53 bits per heavy atom. The van der Waals surface area contributed by atoms with Crippen molar-refractivity contribution >= 4 is 17.3 Å². The van der Waals surface area contributed by atoms with Crippen LogP contribution in [0.15, 0.2) is 36.4 Å². The van der Waals surface area contributed by atoms with Gasteiger partial charge in [-0.15, -0.1) is 0 Å². The summed E-state index contributed by atoms with van der Waals surface area (Å²) in [6.07, 6.45) is 0. The lowest BCUT2D eigenvalue weighted by molar-refractivity contribution is 0.102. The Morgan fingerprint density at radius 1 is 1.16 bits per heavy atom. The van der Waals surface area contributed by atoms with Gasteiger partial charge in [0.2, 0.25) is 0 Å². The van der Waals surface area contributed by atoms with E-state index in [1.165, 1.54) is 18.2 Å². The van der Waals surface area contributed by atoms with E-state index >= 15 is 0 Å². The molecule has 3 nitrogen and oxygen atoms in total. The third-order valence-corrected chi connectivity index (χ3v) is 2.56. The second-order valence-electron chi connectivity index (χ2n) is 4.21. The standard InChI is InChI=1S/C14H12F2N2O/c1-8-4-9(6-10(15)5-8)14(19)18-11-2-3-13(17)12(16)7-11/h2-7H,17H2,1H3,(H,18,19). The minimum absolute atomic E-state index is 0.000371. The molecular formula is C14H12F2N2O. The highest BCUT2D eigenvalue weighted by molar-refractivity contribution is 6.04. The Bertz CT molecular complexity index is 621. The SMILES string of the molecule is Cc1cc(F)cc(C(=O)Nc2ccc(N)c(F)c2)c1. The van der Waals surface area contributed by atoms with E-state index in [0.29, 0.717) is 5.56 Å². The van der Waals surface area contributed by atoms with Crippen molar-refractivity contribution in [3.63, 3.8) is 0 Å². The zero-order valence-electron chi connectivity index (χ0n) is 10.2. The van der Waals surface area contributed by atoms with Gasteiger partial charge in [0.15, 0.2) is 0 Å². The largest absolute Gasteiger partial charge is 0.396 e. The van der Waals surface area contributed by atoms with E-state index in [2.05, 4.69) is 5.32 Å². The Labute approximate surface area is 109 Å². The van der Waals surface area contributed by atoms with Crippen LogP contribution in [0.2, 0.25) is 0 Å². The van der Waals surface area contributed by atoms with Crippen molar-refractivity contribution in [1.82, 2.24) is 0 Å². The number of rotatable bonds is 2. The maximum atomic E-state index is 13.2. The van der Waals surface area contributed by atoms with Gasteiger partial charge in [0.25, 0.3) is 5.91 Å². The molecule has 2 aromatic rings. The fourth-order valence-corrected chi connectivity index (χ4v) is 1.68. The van der Waals surface area contributed by atoms with Gasteiger partial charge in [0.05, 0.1) is 5.69 Å². The molecule has 3 N–H and O–H groups in total. The Morgan fingerprint density at radius 2 is 1.89 bits per heavy atom. The Balaban J connectivity index is 2.22. The molecule has 0 saturated heterocycles. The molecule has 19 heavy (non-hydrogen) atoms. The van der Waals surface area contributed by atoms with Crippen LogP contribution in [0.4, 0.5) is 20.2 Å². The molecule has 0 spiro atoms. The van der Waals surface area contributed by atoms with Crippen LogP contribution < -0.4 is 11.1 Å². The van der Waals surface area contributed by atoms with Gasteiger partial charge in [-0.05, 0) is 48.9 Å². The topological polar surface area (TPSA) is 55.1 Å². The number of carbonyl (C=O) groups excluding carboxylic acids is 1. The molecule has 0 saturated carbocycles. The number of halogens is 2. The first-order valence-electron chi connectivity index (χ1n) is 5.59. The van der Waals surface area contributed by atoms with Gasteiger partial charge in [0, 0.05) is 11.3 Å². The van der Waals surface area contributed by atoms with Crippen molar-refractivity contribution in [2.45, 2.75) is 6.92 Å². The average molecular weight is 262 g/mol. The smallest absolute Gasteiger partial charge is 0.255 e. The van der Waals surface area contributed by atoms with Crippen molar-refractivity contribution < 1.29 is 13.6 Å². The molecule has 5 heteroatoms. The minimum atomic E-state index is -0.617. The van der Waals surface area contributed by atoms with Gasteiger partial charge in [-0.3, -0.25) is 4.79 Å². The Kier molecular flexibility index (Phi) is 3.46. The molecule has 2 rings (SSSR count). The van der Waals surface area contributed by atoms with Crippen molar-refractivity contribution in [1.29, 1.82) is 0 Å². The van der Waals surface area contributed by atoms with Crippen LogP contribution in [0.5, 0.6) is 0 Å². The number of aryl methyl sites for hydroxylation is 1. The lowest BCUT2D eigenvalue weighted by Crippen LogP contribution is -2.12. The van der Waals surface area contributed by atoms with Crippen LogP contribution >= 0.6 is 0 Å². The van der Waals surface area contributed by atoms with E-state index in [9.17, 15) is 13.6 Å². The minimum Gasteiger partial charge on any atom is -0.396 e. The highest BCUT2D eigenvalue weighted by Crippen LogP contribution is 2.17. The Hall–Kier alpha value is -2.43. The zero-order chi connectivity index (χ0) is 14.0. The third kappa shape index (κ3) is 3.07. The van der Waals surface area contributed by atoms with Crippen molar-refractivity contribution in [3.05, 3.63) is 59.2 Å². The molecule has 2 aromatic carbocycles. The molecule has 1 amide bonds. The van der Waals surface area contributed by atoms with Gasteiger partial charge in [-0.1, -0.05) is 0 Å². The van der Waals surface area contributed by atoms with Crippen LogP contribution in [-0.4, -0.2) is 5.91 Å². The maximum absolute atomic E-state index is 13.2. The van der Waals surface area contributed by atoms with Crippen LogP contribution in [-0.2, 0) is 0 Å². The van der Waals surface area contributed by atoms with Crippen LogP contribution in [0.3, 0.4) is 0 Å². The number of hydrogen-bond acceptors (Lipinski definition) is 2. The third-order valence-electron chi connectivity index (χ3n) is 2.56. The van der Waals surface area contributed by atoms with Gasteiger partial charge in [0.1, 0.15) is 11.6 Å². The quantitative estimate of drug-likeness (QED) is 0.817. The number of benzene rings is 2. The fourth-order valence-electron chi connectivity index (χ4n) is 1.68. The van der Waals surface area contributed by atoms with E-state index in [-0.39, 0.29) is 16.9 Å². The van der Waals surface area contributed by atoms with Crippen LogP contribution in [0.25, 0.3) is 0 Å². The van der Waals surface area contributed by atoms with Crippen molar-refractivity contribution in [2.24, 2.45) is 0 Å². The summed E-state index contributed by atoms with van der Waals surface area (Å²) < 4.78 is 26.4. The summed E-state index contributed by atoms with van der Waals surface area (Å²) in [5, 5.41) is 2.48. The van der Waals surface area contributed by atoms with Gasteiger partial charge in [-0.25, -0.2) is 8.78 Å². The number of amides is 1. The molecule has 0 aromatic heterocycles. The zero-order valence-corrected chi connectivity index (χ0v) is 10.2. The summed E-state index contributed by atoms with van der Waals surface area (Å²) in [7, 11) is 0. The van der Waals surface area contributed by atoms with Crippen molar-refractivity contribution in [3.8, 4) is 0 Å². The van der Waals surface area contributed by atoms with Crippen molar-refractivity contribution in [2.75, 3.05) is 11.1 Å². The predicted molar refractivity (Wildman–Crippen MR) is 69.9 cm³/mol. The lowest BCUT2D eigenvalue weighted by Gasteiger charge is -2.07. The molecule has 0 aliphatic rings. The molecule has 98 valence electrons. The molecule has 0 heterocycles. The molecule has 0 aliphatic heterocycles. The number of nitrogens with two attached hydrogens (primary N) is 1. The predicted octanol–water partition coefficient (Wildman–Crippen LogP) is 3.11. The molecule has 0 atom stereocenters. The molecule has 0 aliphatic carbocycles. The molecule has 0 fully saturated rings. The van der Waals surface area contributed by atoms with Crippen LogP contribution in [0, 0.1) is 18.6 Å². The van der Waals surface area contributed by atoms with E-state index in [4.69, 9.17) is 5.73 Å². The molecule has 0 radical (unpaired) electrons. The summed E-state index contributed by atoms with van der Waals surface area (Å²) in [5.41, 5.74) is 6.40. The number of anilines is 2. The number of hydrogen-bond donors (Lipinski definition) is 2. The first-order chi connectivity index (χ1) is 8.95. The normalized spacial score (nSPS) is 10.3. The van der Waals surface area contributed by atoms with Gasteiger partial charge in [-0.2, -0.15) is 0 Å². The number of nitrogens with one attached hydrogen (secondary N) is 1. The van der Waals surface area contributed by atoms with Gasteiger partial charge >= 0.3 is 0 Å². The summed E-state index contributed by atoms with van der Waals surface area (Å²) in [6.45, 7) is 1.68. The highest BCUT2D eigenvalue weighted by Gasteiger charge is 2.09. The monoisotopic (exact) mass is 262 g/mol. The second-order valence-corrected chi connectivity index (χ2v) is 4.21. The summed E-state index contributed by atoms with van der Waals surface area (Å²) in [4.78, 5) is 11.9. The van der Waals surface area contributed by atoms with E-state index < -0.39 is 17.5 Å². The highest BCUT2D eigenvalue weighted by atomic mass is 19.1. The summed E-state index contributed by atoms with van der Waals surface area (Å²) in [6, 6.07) is 7.92. The second kappa shape index (κ2) is 5.06. The number of carbonyl (C=O) groups is 1. The van der Waals surface area contributed by atoms with E-state index in [1.54, 1.807) is 13.0 Å². The average Bonchev–Trinajstić information content (AvgIpc) is 2.32. The van der Waals surface area contributed by atoms with Crippen LogP contribution in [0.1, 0.15) is 15.9 Å². The first kappa shape index (κ1) is 13.0. The lowest BCUT2D eigenvalue weighted by atomic mass is 10.1.